The van der Waals surface area contributed by atoms with E-state index < -0.39 is 31.1 Å². The van der Waals surface area contributed by atoms with Gasteiger partial charge < -0.3 is 25.0 Å². The molecule has 1 saturated heterocycles. The number of aliphatic hydroxyl groups excluding tert-OH is 3. The van der Waals surface area contributed by atoms with Crippen molar-refractivity contribution in [2.45, 2.75) is 31.5 Å². The summed E-state index contributed by atoms with van der Waals surface area (Å²) in [4.78, 5) is 22.3. The molecule has 1 aliphatic heterocycles. The maximum atomic E-state index is 11.5. The van der Waals surface area contributed by atoms with Crippen molar-refractivity contribution in [1.82, 2.24) is 19.5 Å². The minimum absolute atomic E-state index is 0.0450. The van der Waals surface area contributed by atoms with Crippen LogP contribution in [-0.2, 0) is 4.74 Å². The second kappa shape index (κ2) is 5.48. The topological polar surface area (TPSA) is 133 Å². The second-order valence-electron chi connectivity index (χ2n) is 5.04. The number of rotatable bonds is 2. The fraction of sp³-hybridized carbons (Fsp3) is 0.500. The van der Waals surface area contributed by atoms with Gasteiger partial charge in [-0.25, -0.2) is 4.98 Å². The largest absolute Gasteiger partial charge is 0.394 e. The highest BCUT2D eigenvalue weighted by molar-refractivity contribution is 7.71. The van der Waals surface area contributed by atoms with Crippen molar-refractivity contribution in [1.29, 1.82) is 0 Å². The highest BCUT2D eigenvalue weighted by atomic mass is 32.1. The summed E-state index contributed by atoms with van der Waals surface area (Å²) in [5.74, 6) is 0. The smallest absolute Gasteiger partial charge is 0.270 e. The van der Waals surface area contributed by atoms with Crippen LogP contribution < -0.4 is 5.56 Å². The number of aliphatic hydroxyl groups is 3. The van der Waals surface area contributed by atoms with Gasteiger partial charge in [0.05, 0.1) is 6.61 Å². The second-order valence-corrected chi connectivity index (χ2v) is 5.41. The van der Waals surface area contributed by atoms with Crippen LogP contribution in [-0.4, -0.2) is 59.8 Å². The molecule has 1 fully saturated rings. The van der Waals surface area contributed by atoms with Crippen molar-refractivity contribution in [3.8, 4) is 0 Å². The Balaban J connectivity index is 2.12. The van der Waals surface area contributed by atoms with Crippen LogP contribution in [0.1, 0.15) is 11.9 Å². The third-order valence-electron chi connectivity index (χ3n) is 3.57. The number of hydrogen-bond acceptors (Lipinski definition) is 8. The molecular formula is C12H14N4O5S. The van der Waals surface area contributed by atoms with Gasteiger partial charge >= 0.3 is 0 Å². The van der Waals surface area contributed by atoms with Crippen LogP contribution in [0, 0.1) is 11.7 Å². The number of nitrogens with zero attached hydrogens (tertiary/aromatic N) is 3. The lowest BCUT2D eigenvalue weighted by Crippen LogP contribution is -2.33. The average Bonchev–Trinajstić information content (AvgIpc) is 2.76. The summed E-state index contributed by atoms with van der Waals surface area (Å²) in [6, 6.07) is 0. The zero-order valence-corrected chi connectivity index (χ0v) is 12.3. The maximum Gasteiger partial charge on any atom is 0.270 e. The van der Waals surface area contributed by atoms with E-state index in [0.29, 0.717) is 5.52 Å². The molecule has 2 aromatic heterocycles. The van der Waals surface area contributed by atoms with Crippen LogP contribution in [0.2, 0.25) is 0 Å². The van der Waals surface area contributed by atoms with Gasteiger partial charge in [-0.3, -0.25) is 9.36 Å². The number of hydrogen-bond donors (Lipinski definition) is 4. The Morgan fingerprint density at radius 2 is 2.14 bits per heavy atom. The van der Waals surface area contributed by atoms with Crippen molar-refractivity contribution >= 4 is 23.4 Å². The molecule has 3 heterocycles. The van der Waals surface area contributed by atoms with Crippen LogP contribution in [0.4, 0.5) is 0 Å². The van der Waals surface area contributed by atoms with E-state index in [1.807, 2.05) is 0 Å². The molecule has 1 aliphatic rings. The molecule has 0 aromatic carbocycles. The zero-order chi connectivity index (χ0) is 16.0. The molecule has 0 aliphatic carbocycles. The van der Waals surface area contributed by atoms with Gasteiger partial charge in [0.1, 0.15) is 29.5 Å². The SMILES string of the molecule is Cc1nc2cn([C@@H]3O[C@H](CO)C(O)[C@@H]3O)c(=S)nc2[nH]c1=O. The number of aromatic nitrogens is 4. The van der Waals surface area contributed by atoms with Crippen molar-refractivity contribution < 1.29 is 20.1 Å². The Kier molecular flexibility index (Phi) is 3.78. The molecule has 9 nitrogen and oxygen atoms in total. The standard InChI is InChI=1S/C12H14N4O5S/c1-4-10(20)14-9-5(13-4)2-16(12(22)15-9)11-8(19)7(18)6(3-17)21-11/h2,6-8,11,17-19H,3H2,1H3,(H,14,15,20,22)/t6-,7?,8+,11-/m1/s1. The van der Waals surface area contributed by atoms with Gasteiger partial charge in [-0.05, 0) is 19.1 Å². The van der Waals surface area contributed by atoms with E-state index in [2.05, 4.69) is 15.0 Å². The first-order valence-electron chi connectivity index (χ1n) is 6.54. The summed E-state index contributed by atoms with van der Waals surface area (Å²) < 4.78 is 6.80. The first-order chi connectivity index (χ1) is 10.4. The van der Waals surface area contributed by atoms with Crippen LogP contribution in [0.3, 0.4) is 0 Å². The highest BCUT2D eigenvalue weighted by Gasteiger charge is 2.43. The number of nitrogens with one attached hydrogen (secondary N) is 1. The Hall–Kier alpha value is -1.72. The van der Waals surface area contributed by atoms with Gasteiger partial charge in [0, 0.05) is 6.20 Å². The normalized spacial score (nSPS) is 28.4. The van der Waals surface area contributed by atoms with E-state index in [9.17, 15) is 15.0 Å². The molecular weight excluding hydrogens is 312 g/mol. The minimum atomic E-state index is -1.27. The number of ether oxygens (including phenoxy) is 1. The third kappa shape index (κ3) is 2.34. The Morgan fingerprint density at radius 3 is 2.77 bits per heavy atom. The summed E-state index contributed by atoms with van der Waals surface area (Å²) in [7, 11) is 0. The summed E-state index contributed by atoms with van der Waals surface area (Å²) in [5.41, 5.74) is 0.492. The van der Waals surface area contributed by atoms with Crippen LogP contribution >= 0.6 is 12.2 Å². The molecule has 0 saturated carbocycles. The lowest BCUT2D eigenvalue weighted by molar-refractivity contribution is -0.0539. The van der Waals surface area contributed by atoms with Gasteiger partial charge in [-0.15, -0.1) is 0 Å². The van der Waals surface area contributed by atoms with Gasteiger partial charge in [-0.2, -0.15) is 4.98 Å². The molecule has 0 radical (unpaired) electrons. The summed E-state index contributed by atoms with van der Waals surface area (Å²) in [5, 5.41) is 29.0. The van der Waals surface area contributed by atoms with Crippen LogP contribution in [0.5, 0.6) is 0 Å². The molecule has 4 atom stereocenters. The molecule has 0 bridgehead atoms. The molecule has 3 rings (SSSR count). The fourth-order valence-corrected chi connectivity index (χ4v) is 2.60. The van der Waals surface area contributed by atoms with Gasteiger partial charge in [0.2, 0.25) is 4.77 Å². The van der Waals surface area contributed by atoms with Crippen molar-refractivity contribution in [2.75, 3.05) is 6.61 Å². The average molecular weight is 326 g/mol. The molecule has 2 aromatic rings. The van der Waals surface area contributed by atoms with Crippen molar-refractivity contribution in [3.63, 3.8) is 0 Å². The first kappa shape index (κ1) is 15.2. The Bertz CT molecular complexity index is 834. The van der Waals surface area contributed by atoms with Crippen LogP contribution in [0.25, 0.3) is 11.2 Å². The molecule has 0 spiro atoms. The molecule has 22 heavy (non-hydrogen) atoms. The maximum absolute atomic E-state index is 11.5. The predicted molar refractivity (Wildman–Crippen MR) is 76.7 cm³/mol. The Labute approximate surface area is 128 Å². The molecule has 118 valence electrons. The quantitative estimate of drug-likeness (QED) is 0.504. The number of H-pyrrole nitrogens is 1. The molecule has 4 N–H and O–H groups in total. The summed E-state index contributed by atoms with van der Waals surface area (Å²) in [6.45, 7) is 1.12. The van der Waals surface area contributed by atoms with Gasteiger partial charge in [-0.1, -0.05) is 0 Å². The van der Waals surface area contributed by atoms with Crippen molar-refractivity contribution in [2.24, 2.45) is 0 Å². The van der Waals surface area contributed by atoms with E-state index in [4.69, 9.17) is 22.1 Å². The third-order valence-corrected chi connectivity index (χ3v) is 3.87. The summed E-state index contributed by atoms with van der Waals surface area (Å²) in [6.07, 6.45) is -2.94. The number of fused-ring (bicyclic) bond motifs is 1. The number of aryl methyl sites for hydroxylation is 1. The minimum Gasteiger partial charge on any atom is -0.394 e. The van der Waals surface area contributed by atoms with Gasteiger partial charge in [0.15, 0.2) is 11.9 Å². The van der Waals surface area contributed by atoms with Crippen LogP contribution in [0.15, 0.2) is 11.0 Å². The lowest BCUT2D eigenvalue weighted by Gasteiger charge is -2.18. The fourth-order valence-electron chi connectivity index (χ4n) is 2.35. The predicted octanol–water partition coefficient (Wildman–Crippen LogP) is -1.23. The summed E-state index contributed by atoms with van der Waals surface area (Å²) >= 11 is 5.13. The van der Waals surface area contributed by atoms with E-state index in [1.165, 1.54) is 10.8 Å². The molecule has 1 unspecified atom stereocenters. The van der Waals surface area contributed by atoms with E-state index >= 15 is 0 Å². The van der Waals surface area contributed by atoms with E-state index in [0.717, 1.165) is 0 Å². The lowest BCUT2D eigenvalue weighted by atomic mass is 10.1. The van der Waals surface area contributed by atoms with Crippen molar-refractivity contribution in [3.05, 3.63) is 27.0 Å². The zero-order valence-electron chi connectivity index (χ0n) is 11.5. The number of aromatic amines is 1. The molecule has 10 heteroatoms. The first-order valence-corrected chi connectivity index (χ1v) is 6.95. The van der Waals surface area contributed by atoms with Gasteiger partial charge in [0.25, 0.3) is 5.56 Å². The van der Waals surface area contributed by atoms with E-state index in [1.54, 1.807) is 6.92 Å². The highest BCUT2D eigenvalue weighted by Crippen LogP contribution is 2.29. The molecule has 0 amide bonds. The van der Waals surface area contributed by atoms with E-state index in [-0.39, 0.29) is 21.7 Å². The Morgan fingerprint density at radius 1 is 1.41 bits per heavy atom. The monoisotopic (exact) mass is 326 g/mol.